The summed E-state index contributed by atoms with van der Waals surface area (Å²) in [6, 6.07) is 8.32. The van der Waals surface area contributed by atoms with Gasteiger partial charge in [-0.25, -0.2) is 0 Å². The summed E-state index contributed by atoms with van der Waals surface area (Å²) in [5.41, 5.74) is 2.45. The second-order valence-electron chi connectivity index (χ2n) is 3.79. The van der Waals surface area contributed by atoms with E-state index in [1.165, 1.54) is 5.56 Å². The summed E-state index contributed by atoms with van der Waals surface area (Å²) in [4.78, 5) is 0. The van der Waals surface area contributed by atoms with Gasteiger partial charge in [-0.2, -0.15) is 0 Å². The predicted octanol–water partition coefficient (Wildman–Crippen LogP) is 3.34. The summed E-state index contributed by atoms with van der Waals surface area (Å²) in [6.45, 7) is 5.23. The molecule has 1 rings (SSSR count). The largest absolute Gasteiger partial charge is 0.362 e. The Morgan fingerprint density at radius 2 is 1.94 bits per heavy atom. The van der Waals surface area contributed by atoms with Gasteiger partial charge in [-0.05, 0) is 36.7 Å². The summed E-state index contributed by atoms with van der Waals surface area (Å²) >= 11 is 5.22. The summed E-state index contributed by atoms with van der Waals surface area (Å²) < 4.78 is 0. The molecule has 0 aromatic heterocycles. The van der Waals surface area contributed by atoms with Crippen molar-refractivity contribution >= 4 is 23.0 Å². The van der Waals surface area contributed by atoms with Gasteiger partial charge in [0.25, 0.3) is 0 Å². The van der Waals surface area contributed by atoms with Crippen molar-refractivity contribution in [3.05, 3.63) is 29.8 Å². The van der Waals surface area contributed by atoms with Crippen molar-refractivity contribution in [2.24, 2.45) is 0 Å². The van der Waals surface area contributed by atoms with Crippen LogP contribution in [0.5, 0.6) is 0 Å². The topological polar surface area (TPSA) is 24.1 Å². The molecule has 0 heterocycles. The van der Waals surface area contributed by atoms with Gasteiger partial charge in [-0.15, -0.1) is 0 Å². The van der Waals surface area contributed by atoms with E-state index in [0.29, 0.717) is 5.11 Å². The molecule has 2 N–H and O–H groups in total. The summed E-state index contributed by atoms with van der Waals surface area (Å²) in [5, 5.41) is 7.13. The molecule has 0 aliphatic rings. The van der Waals surface area contributed by atoms with Gasteiger partial charge < -0.3 is 10.6 Å². The number of thiocarbonyl (C=S) groups is 1. The van der Waals surface area contributed by atoms with E-state index < -0.39 is 0 Å². The van der Waals surface area contributed by atoms with Gasteiger partial charge in [0, 0.05) is 12.2 Å². The number of hydrogen-bond acceptors (Lipinski definition) is 1. The quantitative estimate of drug-likeness (QED) is 0.767. The molecule has 0 aliphatic heterocycles. The fraction of sp³-hybridized carbons (Fsp3) is 0.462. The number of para-hydroxylation sites is 1. The minimum atomic E-state index is 0.713. The van der Waals surface area contributed by atoms with Crippen LogP contribution in [0.1, 0.15) is 32.3 Å². The maximum atomic E-state index is 5.22. The first-order valence-corrected chi connectivity index (χ1v) is 6.31. The average Bonchev–Trinajstić information content (AvgIpc) is 2.29. The van der Waals surface area contributed by atoms with Gasteiger partial charge in [0.15, 0.2) is 5.11 Å². The number of anilines is 1. The standard InChI is InChI=1S/C13H20N2S/c1-3-7-11-8-5-6-9-12(11)15-13(16)14-10-4-2/h5-6,8-9H,3-4,7,10H2,1-2H3,(H2,14,15,16). The molecule has 0 unspecified atom stereocenters. The van der Waals surface area contributed by atoms with E-state index >= 15 is 0 Å². The van der Waals surface area contributed by atoms with Gasteiger partial charge >= 0.3 is 0 Å². The van der Waals surface area contributed by atoms with E-state index in [4.69, 9.17) is 12.2 Å². The third-order valence-corrected chi connectivity index (χ3v) is 2.57. The van der Waals surface area contributed by atoms with Gasteiger partial charge in [0.05, 0.1) is 0 Å². The summed E-state index contributed by atoms with van der Waals surface area (Å²) in [7, 11) is 0. The lowest BCUT2D eigenvalue weighted by Crippen LogP contribution is -2.29. The van der Waals surface area contributed by atoms with Crippen LogP contribution < -0.4 is 10.6 Å². The molecule has 0 aliphatic carbocycles. The van der Waals surface area contributed by atoms with Crippen molar-refractivity contribution < 1.29 is 0 Å². The molecular weight excluding hydrogens is 216 g/mol. The first-order valence-electron chi connectivity index (χ1n) is 5.90. The lowest BCUT2D eigenvalue weighted by molar-refractivity contribution is 0.846. The number of nitrogens with one attached hydrogen (secondary N) is 2. The van der Waals surface area contributed by atoms with Crippen molar-refractivity contribution in [2.45, 2.75) is 33.1 Å². The molecule has 3 heteroatoms. The highest BCUT2D eigenvalue weighted by atomic mass is 32.1. The fourth-order valence-electron chi connectivity index (χ4n) is 1.53. The Morgan fingerprint density at radius 1 is 1.19 bits per heavy atom. The molecule has 0 bridgehead atoms. The number of rotatable bonds is 5. The Bertz CT molecular complexity index is 336. The van der Waals surface area contributed by atoms with E-state index in [2.05, 4.69) is 42.7 Å². The van der Waals surface area contributed by atoms with Gasteiger partial charge in [-0.3, -0.25) is 0 Å². The smallest absolute Gasteiger partial charge is 0.170 e. The van der Waals surface area contributed by atoms with Gasteiger partial charge in [0.1, 0.15) is 0 Å². The van der Waals surface area contributed by atoms with Gasteiger partial charge in [0.2, 0.25) is 0 Å². The zero-order valence-electron chi connectivity index (χ0n) is 10.0. The molecule has 0 fully saturated rings. The molecular formula is C13H20N2S. The normalized spacial score (nSPS) is 9.88. The summed E-state index contributed by atoms with van der Waals surface area (Å²) in [5.74, 6) is 0. The van der Waals surface area contributed by atoms with E-state index in [0.717, 1.165) is 31.5 Å². The van der Waals surface area contributed by atoms with Crippen molar-refractivity contribution in [1.82, 2.24) is 5.32 Å². The first-order chi connectivity index (χ1) is 7.77. The van der Waals surface area contributed by atoms with Crippen LogP contribution in [0.3, 0.4) is 0 Å². The van der Waals surface area contributed by atoms with Crippen molar-refractivity contribution in [1.29, 1.82) is 0 Å². The van der Waals surface area contributed by atoms with E-state index in [1.54, 1.807) is 0 Å². The van der Waals surface area contributed by atoms with Crippen LogP contribution in [0, 0.1) is 0 Å². The minimum Gasteiger partial charge on any atom is -0.362 e. The number of benzene rings is 1. The lowest BCUT2D eigenvalue weighted by atomic mass is 10.1. The Hall–Kier alpha value is -1.09. The Labute approximate surface area is 103 Å². The highest BCUT2D eigenvalue weighted by Crippen LogP contribution is 2.16. The van der Waals surface area contributed by atoms with E-state index in [9.17, 15) is 0 Å². The number of hydrogen-bond donors (Lipinski definition) is 2. The van der Waals surface area contributed by atoms with Crippen LogP contribution >= 0.6 is 12.2 Å². The van der Waals surface area contributed by atoms with Crippen molar-refractivity contribution in [3.63, 3.8) is 0 Å². The van der Waals surface area contributed by atoms with E-state index in [1.807, 2.05) is 6.07 Å². The summed E-state index contributed by atoms with van der Waals surface area (Å²) in [6.07, 6.45) is 3.31. The molecule has 0 saturated heterocycles. The molecule has 0 saturated carbocycles. The predicted molar refractivity (Wildman–Crippen MR) is 75.0 cm³/mol. The average molecular weight is 236 g/mol. The number of aryl methyl sites for hydroxylation is 1. The van der Waals surface area contributed by atoms with Crippen molar-refractivity contribution in [3.8, 4) is 0 Å². The molecule has 0 radical (unpaired) electrons. The molecule has 2 nitrogen and oxygen atoms in total. The zero-order valence-corrected chi connectivity index (χ0v) is 10.9. The second-order valence-corrected chi connectivity index (χ2v) is 4.20. The molecule has 88 valence electrons. The maximum Gasteiger partial charge on any atom is 0.170 e. The van der Waals surface area contributed by atoms with Crippen LogP contribution in [0.2, 0.25) is 0 Å². The van der Waals surface area contributed by atoms with Gasteiger partial charge in [-0.1, -0.05) is 38.5 Å². The van der Waals surface area contributed by atoms with Crippen LogP contribution in [-0.4, -0.2) is 11.7 Å². The second kappa shape index (κ2) is 7.23. The monoisotopic (exact) mass is 236 g/mol. The van der Waals surface area contributed by atoms with Crippen molar-refractivity contribution in [2.75, 3.05) is 11.9 Å². The Morgan fingerprint density at radius 3 is 2.62 bits per heavy atom. The molecule has 0 amide bonds. The Kier molecular flexibility index (Phi) is 5.86. The molecule has 1 aromatic carbocycles. The highest BCUT2D eigenvalue weighted by Gasteiger charge is 2.01. The third-order valence-electron chi connectivity index (χ3n) is 2.32. The molecule has 0 spiro atoms. The third kappa shape index (κ3) is 4.19. The van der Waals surface area contributed by atoms with Crippen LogP contribution in [0.25, 0.3) is 0 Å². The van der Waals surface area contributed by atoms with Crippen LogP contribution in [-0.2, 0) is 6.42 Å². The zero-order chi connectivity index (χ0) is 11.8. The molecule has 16 heavy (non-hydrogen) atoms. The van der Waals surface area contributed by atoms with Crippen LogP contribution in [0.15, 0.2) is 24.3 Å². The fourth-order valence-corrected chi connectivity index (χ4v) is 1.75. The van der Waals surface area contributed by atoms with E-state index in [-0.39, 0.29) is 0 Å². The molecule has 0 atom stereocenters. The maximum absolute atomic E-state index is 5.22. The SMILES string of the molecule is CCCNC(=S)Nc1ccccc1CCC. The Balaban J connectivity index is 2.61. The highest BCUT2D eigenvalue weighted by molar-refractivity contribution is 7.80. The first kappa shape index (κ1) is 13.0. The minimum absolute atomic E-state index is 0.713. The molecule has 1 aromatic rings. The lowest BCUT2D eigenvalue weighted by Gasteiger charge is -2.13. The van der Waals surface area contributed by atoms with Crippen LogP contribution in [0.4, 0.5) is 5.69 Å².